The van der Waals surface area contributed by atoms with E-state index < -0.39 is 35.1 Å². The van der Waals surface area contributed by atoms with E-state index in [9.17, 15) is 18.4 Å². The molecule has 0 aliphatic carbocycles. The van der Waals surface area contributed by atoms with E-state index in [1.54, 1.807) is 13.8 Å². The second kappa shape index (κ2) is 10.1. The molecule has 0 bridgehead atoms. The molecule has 1 aliphatic heterocycles. The Kier molecular flexibility index (Phi) is 7.45. The lowest BCUT2D eigenvalue weighted by molar-refractivity contribution is -0.118. The number of carbonyl (C=O) groups is 2. The number of anilines is 2. The van der Waals surface area contributed by atoms with E-state index in [0.29, 0.717) is 5.69 Å². The molecule has 0 aromatic heterocycles. The maximum absolute atomic E-state index is 14.0. The van der Waals surface area contributed by atoms with Crippen LogP contribution < -0.4 is 15.5 Å². The second-order valence-corrected chi connectivity index (χ2v) is 8.57. The Hall–Kier alpha value is -3.00. The third-order valence-electron chi connectivity index (χ3n) is 5.76. The Morgan fingerprint density at radius 3 is 2.19 bits per heavy atom. The molecule has 0 spiro atoms. The molecule has 0 radical (unpaired) electrons. The lowest BCUT2D eigenvalue weighted by Gasteiger charge is -2.34. The fourth-order valence-corrected chi connectivity index (χ4v) is 3.72. The van der Waals surface area contributed by atoms with Gasteiger partial charge in [0.05, 0.1) is 0 Å². The number of hydrogen-bond acceptors (Lipinski definition) is 4. The van der Waals surface area contributed by atoms with Crippen molar-refractivity contribution in [1.82, 2.24) is 10.2 Å². The largest absolute Gasteiger partial charge is 0.369 e. The molecule has 2 amide bonds. The van der Waals surface area contributed by atoms with Crippen molar-refractivity contribution in [1.29, 1.82) is 0 Å². The van der Waals surface area contributed by atoms with Gasteiger partial charge in [-0.05, 0) is 55.8 Å². The first-order valence-corrected chi connectivity index (χ1v) is 10.8. The maximum atomic E-state index is 14.0. The van der Waals surface area contributed by atoms with Crippen LogP contribution in [-0.2, 0) is 4.79 Å². The van der Waals surface area contributed by atoms with Crippen LogP contribution in [0.4, 0.5) is 20.2 Å². The zero-order valence-corrected chi connectivity index (χ0v) is 18.9. The van der Waals surface area contributed by atoms with Crippen molar-refractivity contribution in [3.8, 4) is 0 Å². The van der Waals surface area contributed by atoms with E-state index in [1.165, 1.54) is 6.07 Å². The van der Waals surface area contributed by atoms with Gasteiger partial charge in [-0.15, -0.1) is 0 Å². The number of piperazine rings is 1. The molecule has 2 aromatic rings. The fraction of sp³-hybridized carbons (Fsp3) is 0.417. The quantitative estimate of drug-likeness (QED) is 0.717. The van der Waals surface area contributed by atoms with Crippen molar-refractivity contribution in [2.75, 3.05) is 43.4 Å². The van der Waals surface area contributed by atoms with E-state index in [0.717, 1.165) is 49.6 Å². The molecule has 172 valence electrons. The van der Waals surface area contributed by atoms with Crippen molar-refractivity contribution in [3.05, 3.63) is 59.2 Å². The van der Waals surface area contributed by atoms with Crippen LogP contribution in [0, 0.1) is 24.5 Å². The number of aryl methyl sites for hydroxylation is 1. The molecule has 1 atom stereocenters. The standard InChI is InChI=1S/C24H30F2N4O2/c1-15(2)22(28-23(31)21-18(25)6-5-7-19(21)26)24(32)27-20-9-8-17(14-16(20)3)30-12-10-29(4)11-13-30/h5-9,14-15,22H,10-13H2,1-4H3,(H,27,32)(H,28,31). The molecule has 1 saturated heterocycles. The Labute approximate surface area is 187 Å². The summed E-state index contributed by atoms with van der Waals surface area (Å²) in [6.45, 7) is 9.29. The summed E-state index contributed by atoms with van der Waals surface area (Å²) < 4.78 is 27.9. The van der Waals surface area contributed by atoms with Gasteiger partial charge in [-0.25, -0.2) is 8.78 Å². The van der Waals surface area contributed by atoms with E-state index in [4.69, 9.17) is 0 Å². The van der Waals surface area contributed by atoms with Gasteiger partial charge < -0.3 is 20.4 Å². The summed E-state index contributed by atoms with van der Waals surface area (Å²) in [6, 6.07) is 8.07. The molecular weight excluding hydrogens is 414 g/mol. The van der Waals surface area contributed by atoms with Crippen LogP contribution in [0.2, 0.25) is 0 Å². The van der Waals surface area contributed by atoms with Crippen LogP contribution in [0.5, 0.6) is 0 Å². The zero-order chi connectivity index (χ0) is 23.4. The molecular formula is C24H30F2N4O2. The lowest BCUT2D eigenvalue weighted by atomic mass is 10.0. The predicted molar refractivity (Wildman–Crippen MR) is 122 cm³/mol. The van der Waals surface area contributed by atoms with E-state index in [-0.39, 0.29) is 5.92 Å². The van der Waals surface area contributed by atoms with Crippen molar-refractivity contribution < 1.29 is 18.4 Å². The lowest BCUT2D eigenvalue weighted by Crippen LogP contribution is -2.47. The minimum atomic E-state index is -0.972. The number of amides is 2. The minimum Gasteiger partial charge on any atom is -0.369 e. The highest BCUT2D eigenvalue weighted by molar-refractivity contribution is 6.01. The highest BCUT2D eigenvalue weighted by atomic mass is 19.1. The number of nitrogens with one attached hydrogen (secondary N) is 2. The normalized spacial score (nSPS) is 15.5. The third kappa shape index (κ3) is 5.43. The van der Waals surface area contributed by atoms with Gasteiger partial charge in [-0.3, -0.25) is 9.59 Å². The summed E-state index contributed by atoms with van der Waals surface area (Å²) in [5, 5.41) is 5.32. The summed E-state index contributed by atoms with van der Waals surface area (Å²) in [5.74, 6) is -3.64. The molecule has 32 heavy (non-hydrogen) atoms. The van der Waals surface area contributed by atoms with Crippen LogP contribution in [-0.4, -0.2) is 56.0 Å². The van der Waals surface area contributed by atoms with E-state index in [1.807, 2.05) is 25.1 Å². The predicted octanol–water partition coefficient (Wildman–Crippen LogP) is 3.42. The van der Waals surface area contributed by atoms with Crippen LogP contribution in [0.25, 0.3) is 0 Å². The summed E-state index contributed by atoms with van der Waals surface area (Å²) in [5.41, 5.74) is 1.92. The van der Waals surface area contributed by atoms with Crippen LogP contribution in [0.1, 0.15) is 29.8 Å². The van der Waals surface area contributed by atoms with Gasteiger partial charge in [-0.2, -0.15) is 0 Å². The molecule has 2 aromatic carbocycles. The number of halogens is 2. The van der Waals surface area contributed by atoms with E-state index in [2.05, 4.69) is 27.5 Å². The second-order valence-electron chi connectivity index (χ2n) is 8.57. The van der Waals surface area contributed by atoms with Gasteiger partial charge in [0.2, 0.25) is 5.91 Å². The molecule has 1 heterocycles. The molecule has 1 fully saturated rings. The molecule has 2 N–H and O–H groups in total. The van der Waals surface area contributed by atoms with Crippen molar-refractivity contribution in [2.45, 2.75) is 26.8 Å². The topological polar surface area (TPSA) is 64.7 Å². The van der Waals surface area contributed by atoms with Crippen LogP contribution in [0.3, 0.4) is 0 Å². The van der Waals surface area contributed by atoms with Gasteiger partial charge in [-0.1, -0.05) is 19.9 Å². The number of nitrogens with zero attached hydrogens (tertiary/aromatic N) is 2. The van der Waals surface area contributed by atoms with Gasteiger partial charge in [0.15, 0.2) is 0 Å². The van der Waals surface area contributed by atoms with Gasteiger partial charge in [0.25, 0.3) is 5.91 Å². The SMILES string of the molecule is Cc1cc(N2CCN(C)CC2)ccc1NC(=O)C(NC(=O)c1c(F)cccc1F)C(C)C. The van der Waals surface area contributed by atoms with Gasteiger partial charge in [0, 0.05) is 37.6 Å². The highest BCUT2D eigenvalue weighted by Crippen LogP contribution is 2.24. The number of likely N-dealkylation sites (N-methyl/N-ethyl adjacent to an activating group) is 1. The average molecular weight is 445 g/mol. The summed E-state index contributed by atoms with van der Waals surface area (Å²) in [4.78, 5) is 30.0. The highest BCUT2D eigenvalue weighted by Gasteiger charge is 2.27. The van der Waals surface area contributed by atoms with Crippen molar-refractivity contribution in [2.24, 2.45) is 5.92 Å². The number of benzene rings is 2. The maximum Gasteiger partial charge on any atom is 0.257 e. The Morgan fingerprint density at radius 2 is 1.62 bits per heavy atom. The Morgan fingerprint density at radius 1 is 1.00 bits per heavy atom. The molecule has 0 saturated carbocycles. The first-order valence-electron chi connectivity index (χ1n) is 10.8. The third-order valence-corrected chi connectivity index (χ3v) is 5.76. The van der Waals surface area contributed by atoms with Crippen molar-refractivity contribution >= 4 is 23.2 Å². The fourth-order valence-electron chi connectivity index (χ4n) is 3.72. The molecule has 1 aliphatic rings. The zero-order valence-electron chi connectivity index (χ0n) is 18.9. The summed E-state index contributed by atoms with van der Waals surface area (Å²) in [7, 11) is 2.10. The summed E-state index contributed by atoms with van der Waals surface area (Å²) >= 11 is 0. The van der Waals surface area contributed by atoms with E-state index >= 15 is 0 Å². The summed E-state index contributed by atoms with van der Waals surface area (Å²) in [6.07, 6.45) is 0. The number of carbonyl (C=O) groups excluding carboxylic acids is 2. The number of hydrogen-bond donors (Lipinski definition) is 2. The smallest absolute Gasteiger partial charge is 0.257 e. The Bertz CT molecular complexity index is 968. The Balaban J connectivity index is 1.71. The molecule has 1 unspecified atom stereocenters. The monoisotopic (exact) mass is 444 g/mol. The minimum absolute atomic E-state index is 0.293. The van der Waals surface area contributed by atoms with Gasteiger partial charge >= 0.3 is 0 Å². The number of rotatable bonds is 6. The molecule has 3 rings (SSSR count). The average Bonchev–Trinajstić information content (AvgIpc) is 2.73. The molecule has 8 heteroatoms. The van der Waals surface area contributed by atoms with Crippen molar-refractivity contribution in [3.63, 3.8) is 0 Å². The van der Waals surface area contributed by atoms with Crippen LogP contribution >= 0.6 is 0 Å². The first kappa shape index (κ1) is 23.7. The van der Waals surface area contributed by atoms with Crippen LogP contribution in [0.15, 0.2) is 36.4 Å². The molecule has 6 nitrogen and oxygen atoms in total. The first-order chi connectivity index (χ1) is 15.2. The van der Waals surface area contributed by atoms with Gasteiger partial charge in [0.1, 0.15) is 23.2 Å².